The quantitative estimate of drug-likeness (QED) is 0.478. The molecule has 3 aromatic carbocycles. The molecule has 0 aliphatic heterocycles. The molecule has 0 saturated heterocycles. The summed E-state index contributed by atoms with van der Waals surface area (Å²) in [7, 11) is 0. The summed E-state index contributed by atoms with van der Waals surface area (Å²) < 4.78 is 2.05. The number of carbonyl (C=O) groups excluding carboxylic acids is 1. The number of aromatic nitrogens is 1. The van der Waals surface area contributed by atoms with Gasteiger partial charge < -0.3 is 9.88 Å². The maximum atomic E-state index is 13.3. The fourth-order valence-corrected chi connectivity index (χ4v) is 3.79. The Morgan fingerprint density at radius 1 is 0.839 bits per heavy atom. The van der Waals surface area contributed by atoms with Crippen molar-refractivity contribution in [1.82, 2.24) is 4.57 Å². The molecule has 0 unspecified atom stereocenters. The van der Waals surface area contributed by atoms with Gasteiger partial charge in [-0.15, -0.1) is 0 Å². The third-order valence-corrected chi connectivity index (χ3v) is 5.36. The molecule has 31 heavy (non-hydrogen) atoms. The number of anilines is 1. The number of amides is 1. The predicted molar refractivity (Wildman–Crippen MR) is 126 cm³/mol. The van der Waals surface area contributed by atoms with Crippen LogP contribution in [0.2, 0.25) is 0 Å². The molecule has 4 nitrogen and oxygen atoms in total. The van der Waals surface area contributed by atoms with E-state index in [-0.39, 0.29) is 11.0 Å². The fraction of sp³-hybridized carbons (Fsp3) is 0.111. The SMILES string of the molecule is Cc1ccccc1-c1c(C(=O)Nc2ccccc2)c(=O)cc(C)n1Cc1ccccc1. The first-order valence-electron chi connectivity index (χ1n) is 10.3. The van der Waals surface area contributed by atoms with E-state index in [2.05, 4.69) is 9.88 Å². The minimum absolute atomic E-state index is 0.152. The molecule has 0 fully saturated rings. The topological polar surface area (TPSA) is 51.1 Å². The highest BCUT2D eigenvalue weighted by atomic mass is 16.2. The second-order valence-corrected chi connectivity index (χ2v) is 7.58. The van der Waals surface area contributed by atoms with Gasteiger partial charge in [-0.3, -0.25) is 9.59 Å². The number of benzene rings is 3. The Bertz CT molecular complexity index is 1280. The Balaban J connectivity index is 1.93. The van der Waals surface area contributed by atoms with Gasteiger partial charge in [0.05, 0.1) is 5.69 Å². The summed E-state index contributed by atoms with van der Waals surface area (Å²) >= 11 is 0. The summed E-state index contributed by atoms with van der Waals surface area (Å²) in [6.07, 6.45) is 0. The molecule has 0 saturated carbocycles. The molecule has 1 amide bonds. The zero-order chi connectivity index (χ0) is 21.8. The third-order valence-electron chi connectivity index (χ3n) is 5.36. The van der Waals surface area contributed by atoms with Crippen LogP contribution in [0.1, 0.15) is 27.2 Å². The Kier molecular flexibility index (Phi) is 5.80. The zero-order valence-corrected chi connectivity index (χ0v) is 17.6. The van der Waals surface area contributed by atoms with E-state index in [9.17, 15) is 9.59 Å². The lowest BCUT2D eigenvalue weighted by Crippen LogP contribution is -2.27. The lowest BCUT2D eigenvalue weighted by atomic mass is 9.98. The highest BCUT2D eigenvalue weighted by Crippen LogP contribution is 2.28. The number of hydrogen-bond donors (Lipinski definition) is 1. The summed E-state index contributed by atoms with van der Waals surface area (Å²) in [4.78, 5) is 26.4. The van der Waals surface area contributed by atoms with Gasteiger partial charge in [0.1, 0.15) is 5.56 Å². The number of carbonyl (C=O) groups is 1. The minimum atomic E-state index is -0.406. The molecule has 4 aromatic rings. The molecule has 4 heteroatoms. The molecule has 0 spiro atoms. The fourth-order valence-electron chi connectivity index (χ4n) is 3.79. The predicted octanol–water partition coefficient (Wildman–Crippen LogP) is 5.43. The summed E-state index contributed by atoms with van der Waals surface area (Å²) in [5, 5.41) is 2.89. The first-order valence-corrected chi connectivity index (χ1v) is 10.3. The van der Waals surface area contributed by atoms with E-state index in [1.165, 1.54) is 0 Å². The lowest BCUT2D eigenvalue weighted by molar-refractivity contribution is 0.102. The molecule has 0 atom stereocenters. The van der Waals surface area contributed by atoms with Crippen molar-refractivity contribution in [3.8, 4) is 11.3 Å². The van der Waals surface area contributed by atoms with Gasteiger partial charge in [-0.05, 0) is 37.1 Å². The number of nitrogens with one attached hydrogen (secondary N) is 1. The van der Waals surface area contributed by atoms with Crippen molar-refractivity contribution in [3.63, 3.8) is 0 Å². The zero-order valence-electron chi connectivity index (χ0n) is 17.6. The van der Waals surface area contributed by atoms with Crippen molar-refractivity contribution in [2.45, 2.75) is 20.4 Å². The van der Waals surface area contributed by atoms with Crippen LogP contribution in [0.25, 0.3) is 11.3 Å². The number of aryl methyl sites for hydroxylation is 2. The van der Waals surface area contributed by atoms with Crippen molar-refractivity contribution < 1.29 is 4.79 Å². The smallest absolute Gasteiger partial charge is 0.261 e. The number of hydrogen-bond acceptors (Lipinski definition) is 2. The molecular weight excluding hydrogens is 384 g/mol. The number of nitrogens with zero attached hydrogens (tertiary/aromatic N) is 1. The Morgan fingerprint density at radius 2 is 1.45 bits per heavy atom. The third kappa shape index (κ3) is 4.33. The molecule has 0 aliphatic carbocycles. The van der Waals surface area contributed by atoms with Crippen LogP contribution in [0.15, 0.2) is 95.8 Å². The summed E-state index contributed by atoms with van der Waals surface area (Å²) in [5.41, 5.74) is 4.94. The summed E-state index contributed by atoms with van der Waals surface area (Å²) in [6.45, 7) is 4.46. The van der Waals surface area contributed by atoms with Gasteiger partial charge in [0.15, 0.2) is 5.43 Å². The normalized spacial score (nSPS) is 10.6. The summed E-state index contributed by atoms with van der Waals surface area (Å²) in [6, 6.07) is 28.6. The number of pyridine rings is 1. The van der Waals surface area contributed by atoms with Gasteiger partial charge in [-0.25, -0.2) is 0 Å². The van der Waals surface area contributed by atoms with Gasteiger partial charge in [0, 0.05) is 29.6 Å². The second kappa shape index (κ2) is 8.84. The molecule has 1 N–H and O–H groups in total. The van der Waals surface area contributed by atoms with Gasteiger partial charge in [-0.1, -0.05) is 72.8 Å². The van der Waals surface area contributed by atoms with E-state index in [0.29, 0.717) is 17.9 Å². The Morgan fingerprint density at radius 3 is 2.13 bits per heavy atom. The number of rotatable bonds is 5. The van der Waals surface area contributed by atoms with Crippen molar-refractivity contribution >= 4 is 11.6 Å². The van der Waals surface area contributed by atoms with E-state index >= 15 is 0 Å². The Labute approximate surface area is 181 Å². The number of para-hydroxylation sites is 1. The molecule has 0 radical (unpaired) electrons. The molecule has 154 valence electrons. The van der Waals surface area contributed by atoms with Crippen molar-refractivity contribution in [3.05, 3.63) is 124 Å². The van der Waals surface area contributed by atoms with Crippen LogP contribution in [0.3, 0.4) is 0 Å². The molecule has 0 aliphatic rings. The molecule has 1 aromatic heterocycles. The van der Waals surface area contributed by atoms with E-state index in [1.54, 1.807) is 6.07 Å². The van der Waals surface area contributed by atoms with E-state index in [4.69, 9.17) is 0 Å². The minimum Gasteiger partial charge on any atom is -0.340 e. The maximum Gasteiger partial charge on any atom is 0.261 e. The van der Waals surface area contributed by atoms with Crippen LogP contribution in [-0.4, -0.2) is 10.5 Å². The maximum absolute atomic E-state index is 13.3. The Hall–Kier alpha value is -3.92. The van der Waals surface area contributed by atoms with Crippen molar-refractivity contribution in [2.75, 3.05) is 5.32 Å². The van der Waals surface area contributed by atoms with Crippen LogP contribution in [0.4, 0.5) is 5.69 Å². The van der Waals surface area contributed by atoms with E-state index in [0.717, 1.165) is 22.4 Å². The van der Waals surface area contributed by atoms with Crippen LogP contribution >= 0.6 is 0 Å². The van der Waals surface area contributed by atoms with Crippen LogP contribution in [0, 0.1) is 13.8 Å². The van der Waals surface area contributed by atoms with Crippen LogP contribution in [0.5, 0.6) is 0 Å². The standard InChI is InChI=1S/C27H24N2O2/c1-19-11-9-10-16-23(19)26-25(27(31)28-22-14-7-4-8-15-22)24(30)17-20(2)29(26)18-21-12-5-3-6-13-21/h3-17H,18H2,1-2H3,(H,28,31). The average Bonchev–Trinajstić information content (AvgIpc) is 2.77. The highest BCUT2D eigenvalue weighted by Gasteiger charge is 2.23. The molecule has 0 bridgehead atoms. The van der Waals surface area contributed by atoms with Gasteiger partial charge >= 0.3 is 0 Å². The molecule has 4 rings (SSSR count). The highest BCUT2D eigenvalue weighted by molar-refractivity contribution is 6.08. The van der Waals surface area contributed by atoms with Crippen LogP contribution in [-0.2, 0) is 6.54 Å². The molecular formula is C27H24N2O2. The monoisotopic (exact) mass is 408 g/mol. The van der Waals surface area contributed by atoms with E-state index < -0.39 is 5.91 Å². The largest absolute Gasteiger partial charge is 0.340 e. The lowest BCUT2D eigenvalue weighted by Gasteiger charge is -2.21. The van der Waals surface area contributed by atoms with Crippen molar-refractivity contribution in [2.24, 2.45) is 0 Å². The summed E-state index contributed by atoms with van der Waals surface area (Å²) in [5.74, 6) is -0.406. The van der Waals surface area contributed by atoms with Crippen molar-refractivity contribution in [1.29, 1.82) is 0 Å². The van der Waals surface area contributed by atoms with E-state index in [1.807, 2.05) is 98.8 Å². The van der Waals surface area contributed by atoms with Gasteiger partial charge in [-0.2, -0.15) is 0 Å². The van der Waals surface area contributed by atoms with Crippen LogP contribution < -0.4 is 10.7 Å². The molecule has 1 heterocycles. The second-order valence-electron chi connectivity index (χ2n) is 7.58. The van der Waals surface area contributed by atoms with Gasteiger partial charge in [0.2, 0.25) is 0 Å². The first-order chi connectivity index (χ1) is 15.0. The van der Waals surface area contributed by atoms with Gasteiger partial charge in [0.25, 0.3) is 5.91 Å². The average molecular weight is 409 g/mol. The first kappa shape index (κ1) is 20.4.